The van der Waals surface area contributed by atoms with Gasteiger partial charge in [-0.2, -0.15) is 0 Å². The number of nitrogens with one attached hydrogen (secondary N) is 1. The molecule has 0 radical (unpaired) electrons. The van der Waals surface area contributed by atoms with Gasteiger partial charge in [-0.15, -0.1) is 0 Å². The van der Waals surface area contributed by atoms with Crippen molar-refractivity contribution in [1.82, 2.24) is 0 Å². The number of carbonyl (C=O) groups excluding carboxylic acids is 1. The molecule has 0 bridgehead atoms. The third kappa shape index (κ3) is 2.00. The average Bonchev–Trinajstić information content (AvgIpc) is 2.84. The van der Waals surface area contributed by atoms with Crippen LogP contribution >= 0.6 is 15.9 Å². The Hall–Kier alpha value is -1.10. The highest BCUT2D eigenvalue weighted by molar-refractivity contribution is 9.10. The number of rotatable bonds is 1. The molecule has 3 rings (SSSR count). The first-order chi connectivity index (χ1) is 8.65. The summed E-state index contributed by atoms with van der Waals surface area (Å²) in [5, 5.41) is 2.74. The van der Waals surface area contributed by atoms with Crippen LogP contribution in [0.25, 0.3) is 0 Å². The van der Waals surface area contributed by atoms with Crippen molar-refractivity contribution >= 4 is 33.2 Å². The largest absolute Gasteiger partial charge is 0.358 e. The van der Waals surface area contributed by atoms with Crippen LogP contribution < -0.4 is 10.2 Å². The summed E-state index contributed by atoms with van der Waals surface area (Å²) in [4.78, 5) is 13.8. The fourth-order valence-electron chi connectivity index (χ4n) is 2.85. The van der Waals surface area contributed by atoms with Crippen molar-refractivity contribution in [2.45, 2.75) is 31.7 Å². The van der Waals surface area contributed by atoms with Crippen molar-refractivity contribution in [3.63, 3.8) is 0 Å². The van der Waals surface area contributed by atoms with E-state index >= 15 is 0 Å². The Balaban J connectivity index is 2.02. The van der Waals surface area contributed by atoms with Crippen LogP contribution in [0.1, 0.15) is 25.7 Å². The van der Waals surface area contributed by atoms with Gasteiger partial charge in [0.15, 0.2) is 0 Å². The van der Waals surface area contributed by atoms with Crippen molar-refractivity contribution < 1.29 is 9.18 Å². The number of amides is 1. The number of benzene rings is 1. The van der Waals surface area contributed by atoms with Crippen molar-refractivity contribution in [1.29, 1.82) is 0 Å². The zero-order valence-electron chi connectivity index (χ0n) is 9.88. The smallest absolute Gasteiger partial charge is 0.243 e. The van der Waals surface area contributed by atoms with E-state index in [0.29, 0.717) is 22.7 Å². The maximum Gasteiger partial charge on any atom is 0.243 e. The van der Waals surface area contributed by atoms with E-state index in [2.05, 4.69) is 26.1 Å². The number of halogens is 2. The highest BCUT2D eigenvalue weighted by Gasteiger charge is 2.30. The monoisotopic (exact) mass is 312 g/mol. The molecule has 1 heterocycles. The lowest BCUT2D eigenvalue weighted by Crippen LogP contribution is -2.43. The molecule has 0 spiro atoms. The minimum absolute atomic E-state index is 0.0591. The molecule has 96 valence electrons. The van der Waals surface area contributed by atoms with E-state index in [0.717, 1.165) is 18.5 Å². The number of fused-ring (bicyclic) bond motifs is 1. The summed E-state index contributed by atoms with van der Waals surface area (Å²) in [6.07, 6.45) is 4.64. The van der Waals surface area contributed by atoms with Crippen LogP contribution in [0.2, 0.25) is 0 Å². The minimum atomic E-state index is -0.345. The van der Waals surface area contributed by atoms with E-state index in [4.69, 9.17) is 0 Å². The molecular weight excluding hydrogens is 299 g/mol. The lowest BCUT2D eigenvalue weighted by Gasteiger charge is -2.35. The Kier molecular flexibility index (Phi) is 3.01. The van der Waals surface area contributed by atoms with E-state index in [-0.39, 0.29) is 11.7 Å². The molecule has 18 heavy (non-hydrogen) atoms. The van der Waals surface area contributed by atoms with Crippen LogP contribution in [0, 0.1) is 5.82 Å². The van der Waals surface area contributed by atoms with Crippen LogP contribution in [-0.2, 0) is 4.79 Å². The second-order valence-electron chi connectivity index (χ2n) is 4.90. The topological polar surface area (TPSA) is 32.3 Å². The van der Waals surface area contributed by atoms with Gasteiger partial charge in [0, 0.05) is 12.1 Å². The molecule has 0 unspecified atom stereocenters. The third-order valence-electron chi connectivity index (χ3n) is 3.70. The van der Waals surface area contributed by atoms with Gasteiger partial charge in [0.25, 0.3) is 0 Å². The molecule has 0 saturated heterocycles. The van der Waals surface area contributed by atoms with Gasteiger partial charge in [0.1, 0.15) is 5.82 Å². The molecule has 1 fully saturated rings. The molecule has 2 aliphatic rings. The molecule has 3 nitrogen and oxygen atoms in total. The van der Waals surface area contributed by atoms with E-state index in [1.54, 1.807) is 6.07 Å². The summed E-state index contributed by atoms with van der Waals surface area (Å²) < 4.78 is 14.0. The predicted octanol–water partition coefficient (Wildman–Crippen LogP) is 3.29. The lowest BCUT2D eigenvalue weighted by atomic mass is 10.1. The zero-order chi connectivity index (χ0) is 12.7. The van der Waals surface area contributed by atoms with E-state index < -0.39 is 0 Å². The molecule has 1 saturated carbocycles. The maximum absolute atomic E-state index is 13.5. The second-order valence-corrected chi connectivity index (χ2v) is 5.75. The number of hydrogen-bond donors (Lipinski definition) is 1. The summed E-state index contributed by atoms with van der Waals surface area (Å²) >= 11 is 3.21. The van der Waals surface area contributed by atoms with Gasteiger partial charge in [-0.05, 0) is 34.8 Å². The van der Waals surface area contributed by atoms with Gasteiger partial charge in [-0.25, -0.2) is 4.39 Å². The molecule has 1 aliphatic carbocycles. The zero-order valence-corrected chi connectivity index (χ0v) is 11.5. The molecule has 0 aromatic heterocycles. The number of carbonyl (C=O) groups is 1. The Morgan fingerprint density at radius 1 is 1.33 bits per heavy atom. The minimum Gasteiger partial charge on any atom is -0.358 e. The van der Waals surface area contributed by atoms with E-state index in [1.807, 2.05) is 0 Å². The molecule has 1 aromatic rings. The van der Waals surface area contributed by atoms with Crippen molar-refractivity contribution in [2.24, 2.45) is 0 Å². The van der Waals surface area contributed by atoms with Gasteiger partial charge in [0.2, 0.25) is 5.91 Å². The van der Waals surface area contributed by atoms with Crippen LogP contribution in [0.5, 0.6) is 0 Å². The molecule has 1 aliphatic heterocycles. The molecule has 0 atom stereocenters. The highest BCUT2D eigenvalue weighted by Crippen LogP contribution is 2.38. The van der Waals surface area contributed by atoms with E-state index in [1.165, 1.54) is 18.9 Å². The fraction of sp³-hybridized carbons (Fsp3) is 0.462. The predicted molar refractivity (Wildman–Crippen MR) is 72.3 cm³/mol. The maximum atomic E-state index is 13.5. The van der Waals surface area contributed by atoms with Crippen molar-refractivity contribution in [2.75, 3.05) is 16.8 Å². The number of anilines is 2. The van der Waals surface area contributed by atoms with Crippen molar-refractivity contribution in [3.8, 4) is 0 Å². The number of hydrogen-bond acceptors (Lipinski definition) is 2. The highest BCUT2D eigenvalue weighted by atomic mass is 79.9. The first kappa shape index (κ1) is 12.0. The normalized spacial score (nSPS) is 19.9. The van der Waals surface area contributed by atoms with Gasteiger partial charge in [0.05, 0.1) is 22.4 Å². The van der Waals surface area contributed by atoms with Gasteiger partial charge < -0.3 is 10.2 Å². The molecule has 5 heteroatoms. The Morgan fingerprint density at radius 3 is 2.78 bits per heavy atom. The molecule has 1 amide bonds. The third-order valence-corrected chi connectivity index (χ3v) is 4.31. The average molecular weight is 313 g/mol. The summed E-state index contributed by atoms with van der Waals surface area (Å²) in [7, 11) is 0. The fourth-order valence-corrected chi connectivity index (χ4v) is 3.18. The van der Waals surface area contributed by atoms with Gasteiger partial charge in [-0.3, -0.25) is 4.79 Å². The number of nitrogens with zero attached hydrogens (tertiary/aromatic N) is 1. The summed E-state index contributed by atoms with van der Waals surface area (Å²) in [6, 6.07) is 3.56. The van der Waals surface area contributed by atoms with Crippen LogP contribution in [0.15, 0.2) is 16.6 Å². The van der Waals surface area contributed by atoms with E-state index in [9.17, 15) is 9.18 Å². The van der Waals surface area contributed by atoms with Gasteiger partial charge >= 0.3 is 0 Å². The summed E-state index contributed by atoms with van der Waals surface area (Å²) in [6.45, 7) is 0.371. The molecule has 1 N–H and O–H groups in total. The molecular formula is C13H14BrFN2O. The molecule has 1 aromatic carbocycles. The van der Waals surface area contributed by atoms with Crippen LogP contribution in [-0.4, -0.2) is 18.5 Å². The standard InChI is InChI=1S/C13H14BrFN2O/c14-9-5-12-11(6-10(9)15)16-13(18)7-17(12)8-3-1-2-4-8/h5-6,8H,1-4,7H2,(H,16,18). The first-order valence-corrected chi connectivity index (χ1v) is 7.00. The first-order valence-electron chi connectivity index (χ1n) is 6.20. The summed E-state index contributed by atoms with van der Waals surface area (Å²) in [5.74, 6) is -0.404. The summed E-state index contributed by atoms with van der Waals surface area (Å²) in [5.41, 5.74) is 1.51. The van der Waals surface area contributed by atoms with Gasteiger partial charge in [-0.1, -0.05) is 12.8 Å². The Morgan fingerprint density at radius 2 is 2.06 bits per heavy atom. The van der Waals surface area contributed by atoms with Crippen LogP contribution in [0.4, 0.5) is 15.8 Å². The van der Waals surface area contributed by atoms with Crippen molar-refractivity contribution in [3.05, 3.63) is 22.4 Å². The lowest BCUT2D eigenvalue weighted by molar-refractivity contribution is -0.115. The Bertz CT molecular complexity index is 500. The second kappa shape index (κ2) is 4.53. The Labute approximate surface area is 113 Å². The SMILES string of the molecule is O=C1CN(C2CCCC2)c2cc(Br)c(F)cc2N1. The van der Waals surface area contributed by atoms with Crippen LogP contribution in [0.3, 0.4) is 0 Å². The quantitative estimate of drug-likeness (QED) is 0.863.